The van der Waals surface area contributed by atoms with Crippen molar-refractivity contribution >= 4 is 11.8 Å². The van der Waals surface area contributed by atoms with Crippen LogP contribution in [0.3, 0.4) is 0 Å². The molecule has 6 nitrogen and oxygen atoms in total. The lowest BCUT2D eigenvalue weighted by molar-refractivity contribution is -0.120. The van der Waals surface area contributed by atoms with Gasteiger partial charge < -0.3 is 21.5 Å². The fourth-order valence-electron chi connectivity index (χ4n) is 2.48. The number of benzene rings is 2. The fraction of sp³-hybridized carbons (Fsp3) is 0.304. The summed E-state index contributed by atoms with van der Waals surface area (Å²) in [5, 5.41) is 2.55. The Hall–Kier alpha value is -3.14. The topological polar surface area (TPSA) is 107 Å². The Labute approximate surface area is 171 Å². The minimum absolute atomic E-state index is 0.194. The van der Waals surface area contributed by atoms with Gasteiger partial charge in [0, 0.05) is 22.7 Å². The maximum Gasteiger partial charge on any atom is 0.251 e. The summed E-state index contributed by atoms with van der Waals surface area (Å²) in [5.41, 5.74) is 14.1. The van der Waals surface area contributed by atoms with Gasteiger partial charge in [0.2, 0.25) is 5.91 Å². The summed E-state index contributed by atoms with van der Waals surface area (Å²) in [6.45, 7) is 6.19. The molecule has 5 N–H and O–H groups in total. The molecule has 0 aliphatic heterocycles. The number of ether oxygens (including phenoxy) is 1. The highest BCUT2D eigenvalue weighted by molar-refractivity contribution is 5.97. The number of amides is 2. The Morgan fingerprint density at radius 2 is 1.48 bits per heavy atom. The molecule has 6 heteroatoms. The van der Waals surface area contributed by atoms with Crippen molar-refractivity contribution in [1.82, 2.24) is 5.32 Å². The van der Waals surface area contributed by atoms with E-state index in [9.17, 15) is 9.59 Å². The molecule has 2 unspecified atom stereocenters. The van der Waals surface area contributed by atoms with Crippen LogP contribution in [0, 0.1) is 11.8 Å². The van der Waals surface area contributed by atoms with E-state index in [-0.39, 0.29) is 6.10 Å². The van der Waals surface area contributed by atoms with Gasteiger partial charge in [0.05, 0.1) is 12.7 Å². The first kappa shape index (κ1) is 22.2. The summed E-state index contributed by atoms with van der Waals surface area (Å²) in [4.78, 5) is 23.6. The number of hydrogen-bond acceptors (Lipinski definition) is 4. The molecule has 0 aromatic heterocycles. The van der Waals surface area contributed by atoms with Crippen molar-refractivity contribution in [3.05, 3.63) is 70.8 Å². The van der Waals surface area contributed by atoms with Gasteiger partial charge in [-0.05, 0) is 62.7 Å². The third kappa shape index (κ3) is 7.07. The highest BCUT2D eigenvalue weighted by Gasteiger charge is 2.22. The summed E-state index contributed by atoms with van der Waals surface area (Å²) < 4.78 is 5.58. The minimum Gasteiger partial charge on any atom is -0.374 e. The first-order valence-corrected chi connectivity index (χ1v) is 9.44. The average molecular weight is 393 g/mol. The maximum atomic E-state index is 12.3. The van der Waals surface area contributed by atoms with Crippen LogP contribution in [0.4, 0.5) is 0 Å². The molecule has 2 aromatic rings. The van der Waals surface area contributed by atoms with Crippen molar-refractivity contribution in [2.45, 2.75) is 45.6 Å². The van der Waals surface area contributed by atoms with Crippen molar-refractivity contribution in [2.24, 2.45) is 11.5 Å². The Morgan fingerprint density at radius 1 is 0.966 bits per heavy atom. The molecule has 0 aliphatic rings. The molecule has 0 bridgehead atoms. The van der Waals surface area contributed by atoms with Crippen LogP contribution in [0.2, 0.25) is 0 Å². The van der Waals surface area contributed by atoms with E-state index in [4.69, 9.17) is 16.2 Å². The van der Waals surface area contributed by atoms with Crippen molar-refractivity contribution in [2.75, 3.05) is 0 Å². The summed E-state index contributed by atoms with van der Waals surface area (Å²) in [6.07, 6.45) is 0.194. The van der Waals surface area contributed by atoms with Gasteiger partial charge in [-0.1, -0.05) is 24.0 Å². The van der Waals surface area contributed by atoms with Gasteiger partial charge in [-0.15, -0.1) is 0 Å². The highest BCUT2D eigenvalue weighted by Crippen LogP contribution is 2.08. The number of carbonyl (C=O) groups is 2. The van der Waals surface area contributed by atoms with Crippen molar-refractivity contribution < 1.29 is 14.3 Å². The fourth-order valence-corrected chi connectivity index (χ4v) is 2.48. The summed E-state index contributed by atoms with van der Waals surface area (Å²) in [6, 6.07) is 13.2. The van der Waals surface area contributed by atoms with E-state index in [1.165, 1.54) is 0 Å². The van der Waals surface area contributed by atoms with Crippen LogP contribution >= 0.6 is 0 Å². The normalized spacial score (nSPS) is 12.6. The first-order valence-electron chi connectivity index (χ1n) is 9.44. The zero-order valence-corrected chi connectivity index (χ0v) is 16.9. The molecule has 29 heavy (non-hydrogen) atoms. The van der Waals surface area contributed by atoms with E-state index < -0.39 is 23.9 Å². The number of nitrogens with one attached hydrogen (secondary N) is 1. The maximum absolute atomic E-state index is 12.3. The van der Waals surface area contributed by atoms with Crippen molar-refractivity contribution in [3.8, 4) is 11.8 Å². The van der Waals surface area contributed by atoms with Gasteiger partial charge in [0.1, 0.15) is 6.04 Å². The molecular formula is C23H27N3O3. The van der Waals surface area contributed by atoms with Gasteiger partial charge in [-0.2, -0.15) is 0 Å². The summed E-state index contributed by atoms with van der Waals surface area (Å²) >= 11 is 0. The van der Waals surface area contributed by atoms with Crippen molar-refractivity contribution in [1.29, 1.82) is 0 Å². The Balaban J connectivity index is 2.01. The second-order valence-electron chi connectivity index (χ2n) is 7.10. The number of carbonyl (C=O) groups excluding carboxylic acids is 2. The molecule has 152 valence electrons. The van der Waals surface area contributed by atoms with Crippen molar-refractivity contribution in [3.63, 3.8) is 0 Å². The van der Waals surface area contributed by atoms with Crippen LogP contribution in [0.5, 0.6) is 0 Å². The lowest BCUT2D eigenvalue weighted by atomic mass is 10.1. The predicted molar refractivity (Wildman–Crippen MR) is 113 cm³/mol. The number of hydrogen-bond donors (Lipinski definition) is 3. The monoisotopic (exact) mass is 393 g/mol. The molecule has 0 saturated heterocycles. The Kier molecular flexibility index (Phi) is 7.96. The largest absolute Gasteiger partial charge is 0.374 e. The molecule has 0 saturated carbocycles. The van der Waals surface area contributed by atoms with E-state index >= 15 is 0 Å². The molecule has 0 aliphatic carbocycles. The molecule has 0 spiro atoms. The molecule has 2 aromatic carbocycles. The third-order valence-corrected chi connectivity index (χ3v) is 4.15. The Bertz CT molecular complexity index is 892. The van der Waals surface area contributed by atoms with E-state index in [0.29, 0.717) is 12.2 Å². The van der Waals surface area contributed by atoms with Gasteiger partial charge in [0.15, 0.2) is 0 Å². The SMILES string of the molecule is CC(C)OCc1ccc(C#Cc2ccc(C(=O)NC(C(N)=O)C(C)N)cc2)cc1. The number of nitrogens with two attached hydrogens (primary N) is 2. The zero-order chi connectivity index (χ0) is 21.4. The minimum atomic E-state index is -0.920. The van der Waals surface area contributed by atoms with Crippen LogP contribution in [0.15, 0.2) is 48.5 Å². The highest BCUT2D eigenvalue weighted by atomic mass is 16.5. The Morgan fingerprint density at radius 3 is 1.93 bits per heavy atom. The van der Waals surface area contributed by atoms with Gasteiger partial charge in [0.25, 0.3) is 5.91 Å². The molecule has 2 atom stereocenters. The lowest BCUT2D eigenvalue weighted by Crippen LogP contribution is -2.53. The lowest BCUT2D eigenvalue weighted by Gasteiger charge is -2.18. The van der Waals surface area contributed by atoms with E-state index in [1.54, 1.807) is 31.2 Å². The van der Waals surface area contributed by atoms with E-state index in [0.717, 1.165) is 16.7 Å². The van der Waals surface area contributed by atoms with Crippen LogP contribution in [-0.4, -0.2) is 30.0 Å². The molecule has 2 rings (SSSR count). The van der Waals surface area contributed by atoms with Crippen LogP contribution in [0.1, 0.15) is 47.8 Å². The third-order valence-electron chi connectivity index (χ3n) is 4.15. The van der Waals surface area contributed by atoms with E-state index in [1.807, 2.05) is 38.1 Å². The van der Waals surface area contributed by atoms with Gasteiger partial charge in [-0.25, -0.2) is 0 Å². The second-order valence-corrected chi connectivity index (χ2v) is 7.10. The van der Waals surface area contributed by atoms with Crippen LogP contribution < -0.4 is 16.8 Å². The number of primary amides is 1. The van der Waals surface area contributed by atoms with E-state index in [2.05, 4.69) is 17.2 Å². The quantitative estimate of drug-likeness (QED) is 0.625. The van der Waals surface area contributed by atoms with Gasteiger partial charge in [-0.3, -0.25) is 9.59 Å². The smallest absolute Gasteiger partial charge is 0.251 e. The number of rotatable bonds is 7. The molecular weight excluding hydrogens is 366 g/mol. The van der Waals surface area contributed by atoms with Crippen LogP contribution in [-0.2, 0) is 16.1 Å². The second kappa shape index (κ2) is 10.4. The summed E-state index contributed by atoms with van der Waals surface area (Å²) in [5.74, 6) is 5.08. The van der Waals surface area contributed by atoms with Crippen LogP contribution in [0.25, 0.3) is 0 Å². The molecule has 0 heterocycles. The molecule has 2 amide bonds. The zero-order valence-electron chi connectivity index (χ0n) is 16.9. The predicted octanol–water partition coefficient (Wildman–Crippen LogP) is 1.94. The summed E-state index contributed by atoms with van der Waals surface area (Å²) in [7, 11) is 0. The molecule has 0 fully saturated rings. The first-order chi connectivity index (χ1) is 13.8. The van der Waals surface area contributed by atoms with Gasteiger partial charge >= 0.3 is 0 Å². The standard InChI is InChI=1S/C23H27N3O3/c1-15(2)29-14-19-8-6-17(7-9-19)4-5-18-10-12-20(13-11-18)23(28)26-21(16(3)24)22(25)27/h6-13,15-16,21H,14,24H2,1-3H3,(H2,25,27)(H,26,28). The average Bonchev–Trinajstić information content (AvgIpc) is 2.69. The molecule has 0 radical (unpaired) electrons.